The monoisotopic (exact) mass is 325 g/mol. The number of hydrogen-bond donors (Lipinski definition) is 1. The fourth-order valence-electron chi connectivity index (χ4n) is 1.87. The summed E-state index contributed by atoms with van der Waals surface area (Å²) < 4.78 is 18.3. The predicted molar refractivity (Wildman–Crippen MR) is 84.5 cm³/mol. The first-order valence-corrected chi connectivity index (χ1v) is 7.36. The lowest BCUT2D eigenvalue weighted by molar-refractivity contribution is -0.147. The molecule has 0 saturated carbocycles. The average Bonchev–Trinajstić information content (AvgIpc) is 2.38. The highest BCUT2D eigenvalue weighted by molar-refractivity contribution is 5.75. The molecular formula is C17H24FNO4. The quantitative estimate of drug-likeness (QED) is 0.897. The van der Waals surface area contributed by atoms with Crippen molar-refractivity contribution in [1.29, 1.82) is 0 Å². The Bertz CT molecular complexity index is 561. The molecule has 0 fully saturated rings. The summed E-state index contributed by atoms with van der Waals surface area (Å²) in [5, 5.41) is 9.28. The van der Waals surface area contributed by atoms with Crippen molar-refractivity contribution in [2.75, 3.05) is 6.54 Å². The maximum absolute atomic E-state index is 13.0. The van der Waals surface area contributed by atoms with E-state index in [-0.39, 0.29) is 18.9 Å². The molecule has 23 heavy (non-hydrogen) atoms. The van der Waals surface area contributed by atoms with Crippen LogP contribution in [0.2, 0.25) is 0 Å². The molecule has 0 atom stereocenters. The predicted octanol–water partition coefficient (Wildman–Crippen LogP) is 3.67. The lowest BCUT2D eigenvalue weighted by atomic mass is 9.93. The fourth-order valence-corrected chi connectivity index (χ4v) is 1.87. The molecule has 1 aromatic carbocycles. The summed E-state index contributed by atoms with van der Waals surface area (Å²) >= 11 is 0. The van der Waals surface area contributed by atoms with Gasteiger partial charge in [0.15, 0.2) is 0 Å². The van der Waals surface area contributed by atoms with Gasteiger partial charge in [-0.05, 0) is 52.3 Å². The van der Waals surface area contributed by atoms with E-state index in [2.05, 4.69) is 0 Å². The summed E-state index contributed by atoms with van der Waals surface area (Å²) in [6.07, 6.45) is -0.601. The molecule has 0 aliphatic carbocycles. The van der Waals surface area contributed by atoms with Gasteiger partial charge in [-0.15, -0.1) is 0 Å². The number of halogens is 1. The Morgan fingerprint density at radius 3 is 2.09 bits per heavy atom. The lowest BCUT2D eigenvalue weighted by Crippen LogP contribution is -2.44. The Labute approximate surface area is 136 Å². The van der Waals surface area contributed by atoms with E-state index in [0.29, 0.717) is 5.56 Å². The molecule has 0 heterocycles. The molecule has 1 amide bonds. The number of benzene rings is 1. The molecule has 0 aromatic heterocycles. The van der Waals surface area contributed by atoms with E-state index in [0.717, 1.165) is 0 Å². The lowest BCUT2D eigenvalue weighted by Gasteiger charge is -2.32. The van der Waals surface area contributed by atoms with Crippen molar-refractivity contribution in [3.63, 3.8) is 0 Å². The zero-order valence-electron chi connectivity index (χ0n) is 14.2. The van der Waals surface area contributed by atoms with Crippen LogP contribution in [-0.4, -0.2) is 34.2 Å². The van der Waals surface area contributed by atoms with Crippen LogP contribution in [0.4, 0.5) is 9.18 Å². The van der Waals surface area contributed by atoms with Gasteiger partial charge >= 0.3 is 12.1 Å². The Morgan fingerprint density at radius 2 is 1.65 bits per heavy atom. The number of carboxylic acid groups (broad SMARTS) is 1. The van der Waals surface area contributed by atoms with Gasteiger partial charge in [0.1, 0.15) is 11.4 Å². The highest BCUT2D eigenvalue weighted by Crippen LogP contribution is 2.21. The van der Waals surface area contributed by atoms with Gasteiger partial charge in [0.25, 0.3) is 0 Å². The summed E-state index contributed by atoms with van der Waals surface area (Å²) in [6, 6.07) is 5.71. The van der Waals surface area contributed by atoms with E-state index >= 15 is 0 Å². The number of carboxylic acids is 1. The first-order valence-electron chi connectivity index (χ1n) is 7.36. The van der Waals surface area contributed by atoms with Gasteiger partial charge in [0, 0.05) is 13.1 Å². The fraction of sp³-hybridized carbons (Fsp3) is 0.529. The number of rotatable bonds is 5. The van der Waals surface area contributed by atoms with Gasteiger partial charge in [-0.2, -0.15) is 0 Å². The maximum Gasteiger partial charge on any atom is 0.410 e. The van der Waals surface area contributed by atoms with Crippen LogP contribution in [0.5, 0.6) is 0 Å². The molecule has 128 valence electrons. The number of nitrogens with zero attached hydrogens (tertiary/aromatic N) is 1. The zero-order valence-corrected chi connectivity index (χ0v) is 14.2. The third-order valence-corrected chi connectivity index (χ3v) is 3.10. The van der Waals surface area contributed by atoms with Crippen LogP contribution in [0, 0.1) is 11.2 Å². The molecule has 0 bridgehead atoms. The number of aliphatic carboxylic acids is 1. The zero-order chi connectivity index (χ0) is 17.8. The number of amides is 1. The van der Waals surface area contributed by atoms with Crippen molar-refractivity contribution in [1.82, 2.24) is 4.90 Å². The van der Waals surface area contributed by atoms with Crippen LogP contribution in [0.25, 0.3) is 0 Å². The Morgan fingerprint density at radius 1 is 1.13 bits per heavy atom. The normalized spacial score (nSPS) is 11.9. The van der Waals surface area contributed by atoms with Crippen LogP contribution >= 0.6 is 0 Å². The third kappa shape index (κ3) is 6.26. The molecule has 6 heteroatoms. The summed E-state index contributed by atoms with van der Waals surface area (Å²) in [7, 11) is 0. The summed E-state index contributed by atoms with van der Waals surface area (Å²) in [6.45, 7) is 8.42. The summed E-state index contributed by atoms with van der Waals surface area (Å²) in [5.41, 5.74) is -1.12. The van der Waals surface area contributed by atoms with Crippen molar-refractivity contribution in [3.05, 3.63) is 35.6 Å². The third-order valence-electron chi connectivity index (χ3n) is 3.10. The molecule has 1 rings (SSSR count). The number of ether oxygens (including phenoxy) is 1. The molecule has 0 saturated heterocycles. The van der Waals surface area contributed by atoms with Crippen molar-refractivity contribution >= 4 is 12.1 Å². The molecule has 1 aromatic rings. The molecule has 5 nitrogen and oxygen atoms in total. The van der Waals surface area contributed by atoms with Gasteiger partial charge in [-0.1, -0.05) is 12.1 Å². The SMILES string of the molecule is CC(C)(C)OC(=O)N(Cc1ccc(F)cc1)CC(C)(C)C(=O)O. The summed E-state index contributed by atoms with van der Waals surface area (Å²) in [4.78, 5) is 25.0. The highest BCUT2D eigenvalue weighted by atomic mass is 19.1. The minimum Gasteiger partial charge on any atom is -0.481 e. The second-order valence-corrected chi connectivity index (χ2v) is 7.15. The van der Waals surface area contributed by atoms with E-state index in [4.69, 9.17) is 4.74 Å². The number of hydrogen-bond acceptors (Lipinski definition) is 3. The van der Waals surface area contributed by atoms with Crippen LogP contribution < -0.4 is 0 Å². The average molecular weight is 325 g/mol. The molecule has 0 radical (unpaired) electrons. The van der Waals surface area contributed by atoms with Crippen LogP contribution in [0.3, 0.4) is 0 Å². The molecule has 0 aliphatic rings. The van der Waals surface area contributed by atoms with E-state index < -0.39 is 23.1 Å². The molecule has 0 unspecified atom stereocenters. The Balaban J connectivity index is 2.98. The molecule has 0 spiro atoms. The summed E-state index contributed by atoms with van der Waals surface area (Å²) in [5.74, 6) is -1.38. The van der Waals surface area contributed by atoms with Crippen LogP contribution in [0.15, 0.2) is 24.3 Å². The van der Waals surface area contributed by atoms with E-state index in [9.17, 15) is 19.1 Å². The number of carbonyl (C=O) groups is 2. The smallest absolute Gasteiger partial charge is 0.410 e. The van der Waals surface area contributed by atoms with E-state index in [1.807, 2.05) is 0 Å². The molecule has 0 aliphatic heterocycles. The second kappa shape index (κ2) is 6.98. The topological polar surface area (TPSA) is 66.8 Å². The standard InChI is InChI=1S/C17H24FNO4/c1-16(2,3)23-15(22)19(11-17(4,5)14(20)21)10-12-6-8-13(18)9-7-12/h6-9H,10-11H2,1-5H3,(H,20,21). The maximum atomic E-state index is 13.0. The van der Waals surface area contributed by atoms with Gasteiger partial charge in [-0.3, -0.25) is 4.79 Å². The van der Waals surface area contributed by atoms with Crippen molar-refractivity contribution in [2.24, 2.45) is 5.41 Å². The number of carbonyl (C=O) groups excluding carboxylic acids is 1. The highest BCUT2D eigenvalue weighted by Gasteiger charge is 2.33. The van der Waals surface area contributed by atoms with Crippen molar-refractivity contribution in [2.45, 2.75) is 46.8 Å². The molecule has 1 N–H and O–H groups in total. The first-order chi connectivity index (χ1) is 10.4. The molecular weight excluding hydrogens is 301 g/mol. The minimum atomic E-state index is -1.13. The van der Waals surface area contributed by atoms with Crippen molar-refractivity contribution < 1.29 is 23.8 Å². The largest absolute Gasteiger partial charge is 0.481 e. The van der Waals surface area contributed by atoms with Crippen LogP contribution in [0.1, 0.15) is 40.2 Å². The minimum absolute atomic E-state index is 0.0192. The van der Waals surface area contributed by atoms with Gasteiger partial charge in [-0.25, -0.2) is 9.18 Å². The van der Waals surface area contributed by atoms with E-state index in [1.165, 1.54) is 30.9 Å². The van der Waals surface area contributed by atoms with Crippen LogP contribution in [-0.2, 0) is 16.1 Å². The Kier molecular flexibility index (Phi) is 5.75. The van der Waals surface area contributed by atoms with Gasteiger partial charge < -0.3 is 14.7 Å². The van der Waals surface area contributed by atoms with E-state index in [1.54, 1.807) is 32.9 Å². The first kappa shape index (κ1) is 18.9. The Hall–Kier alpha value is -2.11. The van der Waals surface area contributed by atoms with Crippen molar-refractivity contribution in [3.8, 4) is 0 Å². The van der Waals surface area contributed by atoms with Gasteiger partial charge in [0.2, 0.25) is 0 Å². The second-order valence-electron chi connectivity index (χ2n) is 7.15. The van der Waals surface area contributed by atoms with Gasteiger partial charge in [0.05, 0.1) is 5.41 Å².